The van der Waals surface area contributed by atoms with Crippen LogP contribution in [0.25, 0.3) is 0 Å². The van der Waals surface area contributed by atoms with E-state index < -0.39 is 59.1 Å². The van der Waals surface area contributed by atoms with Gasteiger partial charge in [0.1, 0.15) is 17.6 Å². The smallest absolute Gasteiger partial charge is 0.322 e. The van der Waals surface area contributed by atoms with E-state index in [0.29, 0.717) is 18.4 Å². The first-order valence-corrected chi connectivity index (χ1v) is 13.0. The summed E-state index contributed by atoms with van der Waals surface area (Å²) in [6.07, 6.45) is 8.90. The molecule has 2 aliphatic heterocycles. The first-order valence-electron chi connectivity index (χ1n) is 13.0. The Balaban J connectivity index is 2.60. The maximum absolute atomic E-state index is 13.6. The van der Waals surface area contributed by atoms with Gasteiger partial charge >= 0.3 is 11.9 Å². The fourth-order valence-electron chi connectivity index (χ4n) is 4.36. The third-order valence-corrected chi connectivity index (χ3v) is 6.86. The minimum Gasteiger partial charge on any atom is -0.461 e. The van der Waals surface area contributed by atoms with Crippen molar-refractivity contribution in [2.75, 3.05) is 0 Å². The molecule has 9 heteroatoms. The van der Waals surface area contributed by atoms with Crippen LogP contribution in [0.1, 0.15) is 67.2 Å². The number of ether oxygens (including phenoxy) is 2. The fourth-order valence-corrected chi connectivity index (χ4v) is 4.36. The van der Waals surface area contributed by atoms with E-state index in [9.17, 15) is 29.1 Å². The second-order valence-electron chi connectivity index (χ2n) is 10.2. The molecule has 208 valence electrons. The number of rotatable bonds is 5. The SMILES string of the molecule is CCCC(=O)OC1/C=C/C(C)=C/C(NC(=O)C(C)=O)C2(C)C(=O)OC(CC(O)/C=C/C(C)=C/C1)C(C)C2=O. The molecule has 3 rings (SSSR count). The number of aliphatic hydroxyl groups is 1. The van der Waals surface area contributed by atoms with Crippen molar-refractivity contribution in [2.24, 2.45) is 11.3 Å². The number of hydrogen-bond donors (Lipinski definition) is 2. The Labute approximate surface area is 224 Å². The third-order valence-electron chi connectivity index (χ3n) is 6.86. The Morgan fingerprint density at radius 2 is 1.82 bits per heavy atom. The number of fused-ring (bicyclic) bond motifs is 10. The van der Waals surface area contributed by atoms with E-state index in [-0.39, 0.29) is 18.8 Å². The summed E-state index contributed by atoms with van der Waals surface area (Å²) in [5.41, 5.74) is -0.419. The molecule has 1 aliphatic carbocycles. The zero-order valence-corrected chi connectivity index (χ0v) is 23.0. The van der Waals surface area contributed by atoms with E-state index in [1.54, 1.807) is 38.2 Å². The fraction of sp³-hybridized carbons (Fsp3) is 0.552. The van der Waals surface area contributed by atoms with Gasteiger partial charge in [-0.15, -0.1) is 0 Å². The Morgan fingerprint density at radius 1 is 1.16 bits per heavy atom. The molecular weight excluding hydrogens is 490 g/mol. The van der Waals surface area contributed by atoms with Gasteiger partial charge in [-0.25, -0.2) is 0 Å². The largest absolute Gasteiger partial charge is 0.461 e. The van der Waals surface area contributed by atoms with Crippen molar-refractivity contribution in [1.29, 1.82) is 0 Å². The number of carbonyl (C=O) groups is 5. The van der Waals surface area contributed by atoms with Gasteiger partial charge in [0.25, 0.3) is 5.91 Å². The molecule has 0 aromatic heterocycles. The van der Waals surface area contributed by atoms with Crippen LogP contribution in [0.3, 0.4) is 0 Å². The monoisotopic (exact) mass is 529 g/mol. The maximum Gasteiger partial charge on any atom is 0.322 e. The second kappa shape index (κ2) is 13.5. The predicted molar refractivity (Wildman–Crippen MR) is 141 cm³/mol. The van der Waals surface area contributed by atoms with Crippen LogP contribution in [0.15, 0.2) is 47.6 Å². The van der Waals surface area contributed by atoms with Gasteiger partial charge in [0, 0.05) is 26.2 Å². The lowest BCUT2D eigenvalue weighted by molar-refractivity contribution is -0.181. The molecule has 0 spiro atoms. The average Bonchev–Trinajstić information content (AvgIpc) is 2.85. The van der Waals surface area contributed by atoms with Crippen molar-refractivity contribution in [2.45, 2.75) is 91.6 Å². The highest BCUT2D eigenvalue weighted by atomic mass is 16.6. The molecule has 2 N–H and O–H groups in total. The molecule has 0 saturated carbocycles. The molecule has 6 atom stereocenters. The van der Waals surface area contributed by atoms with Crippen LogP contribution in [0, 0.1) is 11.3 Å². The summed E-state index contributed by atoms with van der Waals surface area (Å²) < 4.78 is 11.2. The number of nitrogens with one attached hydrogen (secondary N) is 1. The number of amides is 1. The Morgan fingerprint density at radius 3 is 2.45 bits per heavy atom. The summed E-state index contributed by atoms with van der Waals surface area (Å²) in [6, 6.07) is -1.18. The number of hydrogen-bond acceptors (Lipinski definition) is 8. The average molecular weight is 530 g/mol. The van der Waals surface area contributed by atoms with Crippen LogP contribution in [-0.4, -0.2) is 58.9 Å². The highest BCUT2D eigenvalue weighted by Gasteiger charge is 2.56. The third kappa shape index (κ3) is 7.84. The summed E-state index contributed by atoms with van der Waals surface area (Å²) in [6.45, 7) is 9.52. The second-order valence-corrected chi connectivity index (χ2v) is 10.2. The van der Waals surface area contributed by atoms with E-state index in [0.717, 1.165) is 12.5 Å². The maximum atomic E-state index is 13.6. The molecule has 0 aromatic carbocycles. The van der Waals surface area contributed by atoms with Crippen molar-refractivity contribution < 1.29 is 38.6 Å². The van der Waals surface area contributed by atoms with Gasteiger partial charge < -0.3 is 19.9 Å². The van der Waals surface area contributed by atoms with Crippen LogP contribution in [0.4, 0.5) is 0 Å². The minimum absolute atomic E-state index is 0.0106. The van der Waals surface area contributed by atoms with E-state index in [1.165, 1.54) is 13.0 Å². The van der Waals surface area contributed by atoms with E-state index >= 15 is 0 Å². The Bertz CT molecular complexity index is 1070. The Kier molecular flexibility index (Phi) is 10.9. The molecule has 3 aliphatic rings. The van der Waals surface area contributed by atoms with Gasteiger partial charge in [0.15, 0.2) is 5.78 Å². The summed E-state index contributed by atoms with van der Waals surface area (Å²) in [5.74, 6) is -4.15. The molecule has 1 amide bonds. The summed E-state index contributed by atoms with van der Waals surface area (Å²) in [7, 11) is 0. The lowest BCUT2D eigenvalue weighted by Crippen LogP contribution is -2.61. The van der Waals surface area contributed by atoms with E-state index in [4.69, 9.17) is 9.47 Å². The van der Waals surface area contributed by atoms with Crippen LogP contribution < -0.4 is 5.32 Å². The van der Waals surface area contributed by atoms with Crippen molar-refractivity contribution >= 4 is 29.4 Å². The molecule has 1 saturated heterocycles. The quantitative estimate of drug-likeness (QED) is 0.315. The summed E-state index contributed by atoms with van der Waals surface area (Å²) in [4.78, 5) is 63.1. The molecule has 2 bridgehead atoms. The first-order chi connectivity index (χ1) is 17.8. The van der Waals surface area contributed by atoms with Crippen molar-refractivity contribution in [3.63, 3.8) is 0 Å². The molecule has 6 unspecified atom stereocenters. The van der Waals surface area contributed by atoms with Gasteiger partial charge in [-0.1, -0.05) is 55.4 Å². The zero-order valence-electron chi connectivity index (χ0n) is 23.0. The van der Waals surface area contributed by atoms with Crippen LogP contribution in [0.2, 0.25) is 0 Å². The summed E-state index contributed by atoms with van der Waals surface area (Å²) >= 11 is 0. The topological polar surface area (TPSA) is 136 Å². The predicted octanol–water partition coefficient (Wildman–Crippen LogP) is 3.07. The van der Waals surface area contributed by atoms with Gasteiger partial charge in [-0.05, 0) is 33.3 Å². The molecular formula is C29H39NO8. The lowest BCUT2D eigenvalue weighted by Gasteiger charge is -2.42. The van der Waals surface area contributed by atoms with Gasteiger partial charge in [0.05, 0.1) is 18.1 Å². The van der Waals surface area contributed by atoms with Crippen LogP contribution in [-0.2, 0) is 33.4 Å². The normalized spacial score (nSPS) is 35.0. The number of aliphatic hydroxyl groups excluding tert-OH is 1. The molecule has 0 aromatic rings. The van der Waals surface area contributed by atoms with Crippen molar-refractivity contribution in [1.82, 2.24) is 5.32 Å². The molecule has 2 heterocycles. The van der Waals surface area contributed by atoms with Crippen molar-refractivity contribution in [3.05, 3.63) is 47.6 Å². The minimum atomic E-state index is -1.81. The molecule has 1 fully saturated rings. The highest BCUT2D eigenvalue weighted by molar-refractivity contribution is 6.35. The number of Topliss-reactive ketones (excluding diaryl/α,β-unsaturated/α-hetero) is 2. The lowest BCUT2D eigenvalue weighted by atomic mass is 9.69. The molecule has 0 radical (unpaired) electrons. The molecule has 38 heavy (non-hydrogen) atoms. The van der Waals surface area contributed by atoms with Crippen LogP contribution in [0.5, 0.6) is 0 Å². The zero-order chi connectivity index (χ0) is 28.6. The van der Waals surface area contributed by atoms with Gasteiger partial charge in [0.2, 0.25) is 5.78 Å². The number of carbonyl (C=O) groups excluding carboxylic acids is 5. The molecule has 9 nitrogen and oxygen atoms in total. The van der Waals surface area contributed by atoms with Crippen molar-refractivity contribution in [3.8, 4) is 0 Å². The number of allylic oxidation sites excluding steroid dienone is 4. The van der Waals surface area contributed by atoms with Gasteiger partial charge in [-0.2, -0.15) is 0 Å². The number of ketones is 2. The number of esters is 2. The Hall–Kier alpha value is -3.33. The van der Waals surface area contributed by atoms with E-state index in [1.807, 2.05) is 19.9 Å². The van der Waals surface area contributed by atoms with E-state index in [2.05, 4.69) is 5.32 Å². The first kappa shape index (κ1) is 30.9. The standard InChI is InChI=1S/C29H39NO8/c1-7-8-25(33)37-22-13-10-17(2)9-12-21(32)16-23-19(4)26(34)29(6,28(36)38-23)24(15-18(3)11-14-22)30-27(35)20(5)31/h9-12,14-15,19,21-24,32H,7-8,13,16H2,1-6H3,(H,30,35)/b12-9+,14-11+,17-10+,18-15+. The highest BCUT2D eigenvalue weighted by Crippen LogP contribution is 2.38. The summed E-state index contributed by atoms with van der Waals surface area (Å²) in [5, 5.41) is 13.1. The van der Waals surface area contributed by atoms with Crippen LogP contribution >= 0.6 is 0 Å². The van der Waals surface area contributed by atoms with Gasteiger partial charge in [-0.3, -0.25) is 24.0 Å².